The quantitative estimate of drug-likeness (QED) is 0.770. The number of hydrogen-bond acceptors (Lipinski definition) is 5. The molecule has 3 rings (SSSR count). The van der Waals surface area contributed by atoms with Crippen LogP contribution in [-0.4, -0.2) is 10.1 Å². The van der Waals surface area contributed by atoms with Gasteiger partial charge >= 0.3 is 0 Å². The zero-order valence-electron chi connectivity index (χ0n) is 11.2. The third-order valence-corrected chi connectivity index (χ3v) is 3.74. The molecule has 0 saturated carbocycles. The van der Waals surface area contributed by atoms with E-state index in [4.69, 9.17) is 4.52 Å². The molecule has 0 aliphatic heterocycles. The van der Waals surface area contributed by atoms with Gasteiger partial charge in [0.15, 0.2) is 0 Å². The fourth-order valence-corrected chi connectivity index (χ4v) is 2.51. The molecule has 4 nitrogen and oxygen atoms in total. The van der Waals surface area contributed by atoms with Crippen LogP contribution in [0.5, 0.6) is 0 Å². The highest BCUT2D eigenvalue weighted by molar-refractivity contribution is 7.08. The van der Waals surface area contributed by atoms with Crippen molar-refractivity contribution in [2.75, 3.05) is 5.32 Å². The van der Waals surface area contributed by atoms with Gasteiger partial charge in [0, 0.05) is 16.6 Å². The number of hydrogen-bond donors (Lipinski definition) is 1. The lowest BCUT2D eigenvalue weighted by Crippen LogP contribution is -1.99. The molecule has 0 aliphatic carbocycles. The summed E-state index contributed by atoms with van der Waals surface area (Å²) in [4.78, 5) is 4.37. The second-order valence-corrected chi connectivity index (χ2v) is 5.21. The lowest BCUT2D eigenvalue weighted by molar-refractivity contribution is 0.384. The van der Waals surface area contributed by atoms with Crippen LogP contribution >= 0.6 is 11.3 Å². The molecule has 102 valence electrons. The van der Waals surface area contributed by atoms with Gasteiger partial charge in [-0.2, -0.15) is 16.3 Å². The molecule has 0 radical (unpaired) electrons. The van der Waals surface area contributed by atoms with Crippen LogP contribution in [0.3, 0.4) is 0 Å². The standard InChI is InChI=1S/C15H15N3OS/c1-2-11-3-5-13(6-4-11)16-9-14-17-15(18-19-14)12-7-8-20-10-12/h3-8,10,16H,2,9H2,1H3. The summed E-state index contributed by atoms with van der Waals surface area (Å²) in [7, 11) is 0. The van der Waals surface area contributed by atoms with E-state index in [9.17, 15) is 0 Å². The van der Waals surface area contributed by atoms with Crippen molar-refractivity contribution in [2.45, 2.75) is 19.9 Å². The van der Waals surface area contributed by atoms with Crippen molar-refractivity contribution in [3.05, 3.63) is 52.5 Å². The lowest BCUT2D eigenvalue weighted by atomic mass is 10.1. The summed E-state index contributed by atoms with van der Waals surface area (Å²) in [6, 6.07) is 10.3. The van der Waals surface area contributed by atoms with E-state index in [1.54, 1.807) is 11.3 Å². The molecular formula is C15H15N3OS. The van der Waals surface area contributed by atoms with Crippen LogP contribution < -0.4 is 5.32 Å². The van der Waals surface area contributed by atoms with Gasteiger partial charge in [-0.05, 0) is 35.6 Å². The topological polar surface area (TPSA) is 51.0 Å². The summed E-state index contributed by atoms with van der Waals surface area (Å²) in [5, 5.41) is 11.3. The fraction of sp³-hybridized carbons (Fsp3) is 0.200. The van der Waals surface area contributed by atoms with Gasteiger partial charge in [0.25, 0.3) is 0 Å². The molecule has 20 heavy (non-hydrogen) atoms. The van der Waals surface area contributed by atoms with Gasteiger partial charge in [-0.1, -0.05) is 24.2 Å². The Labute approximate surface area is 121 Å². The summed E-state index contributed by atoms with van der Waals surface area (Å²) in [6.45, 7) is 2.68. The van der Waals surface area contributed by atoms with Crippen LogP contribution in [0.15, 0.2) is 45.6 Å². The first-order chi connectivity index (χ1) is 9.85. The van der Waals surface area contributed by atoms with Gasteiger partial charge in [0.2, 0.25) is 11.7 Å². The van der Waals surface area contributed by atoms with Gasteiger partial charge in [-0.15, -0.1) is 0 Å². The monoisotopic (exact) mass is 285 g/mol. The van der Waals surface area contributed by atoms with Crippen LogP contribution in [0.4, 0.5) is 5.69 Å². The SMILES string of the molecule is CCc1ccc(NCc2nc(-c3ccsc3)no2)cc1. The number of nitrogens with one attached hydrogen (secondary N) is 1. The van der Waals surface area contributed by atoms with Gasteiger partial charge in [0.1, 0.15) is 0 Å². The number of thiophene rings is 1. The first kappa shape index (κ1) is 12.9. The largest absolute Gasteiger partial charge is 0.376 e. The predicted octanol–water partition coefficient (Wildman–Crippen LogP) is 3.97. The second-order valence-electron chi connectivity index (χ2n) is 4.43. The Morgan fingerprint density at radius 2 is 2.05 bits per heavy atom. The number of rotatable bonds is 5. The molecule has 0 fully saturated rings. The zero-order valence-corrected chi connectivity index (χ0v) is 12.0. The fourth-order valence-electron chi connectivity index (χ4n) is 1.87. The summed E-state index contributed by atoms with van der Waals surface area (Å²) in [6.07, 6.45) is 1.05. The molecule has 2 heterocycles. The molecule has 0 saturated heterocycles. The van der Waals surface area contributed by atoms with Gasteiger partial charge in [-0.25, -0.2) is 0 Å². The highest BCUT2D eigenvalue weighted by Crippen LogP contribution is 2.19. The lowest BCUT2D eigenvalue weighted by Gasteiger charge is -2.03. The molecule has 1 aromatic carbocycles. The zero-order chi connectivity index (χ0) is 13.8. The summed E-state index contributed by atoms with van der Waals surface area (Å²) < 4.78 is 5.24. The molecule has 0 spiro atoms. The minimum atomic E-state index is 0.530. The minimum absolute atomic E-state index is 0.530. The first-order valence-electron chi connectivity index (χ1n) is 6.53. The van der Waals surface area contributed by atoms with E-state index in [1.165, 1.54) is 5.56 Å². The maximum atomic E-state index is 5.24. The Kier molecular flexibility index (Phi) is 3.78. The normalized spacial score (nSPS) is 10.7. The van der Waals surface area contributed by atoms with Crippen LogP contribution in [-0.2, 0) is 13.0 Å². The van der Waals surface area contributed by atoms with Crippen molar-refractivity contribution >= 4 is 17.0 Å². The third kappa shape index (κ3) is 2.88. The number of anilines is 1. The average molecular weight is 285 g/mol. The molecule has 1 N–H and O–H groups in total. The van der Waals surface area contributed by atoms with Gasteiger partial charge in [0.05, 0.1) is 6.54 Å². The molecule has 0 amide bonds. The number of nitrogens with zero attached hydrogens (tertiary/aromatic N) is 2. The van der Waals surface area contributed by atoms with Crippen molar-refractivity contribution in [1.82, 2.24) is 10.1 Å². The molecule has 0 atom stereocenters. The smallest absolute Gasteiger partial charge is 0.246 e. The van der Waals surface area contributed by atoms with Crippen LogP contribution in [0.25, 0.3) is 11.4 Å². The van der Waals surface area contributed by atoms with Crippen molar-refractivity contribution in [3.8, 4) is 11.4 Å². The Balaban J connectivity index is 1.63. The Morgan fingerprint density at radius 1 is 1.20 bits per heavy atom. The molecule has 3 aromatic rings. The van der Waals surface area contributed by atoms with E-state index in [2.05, 4.69) is 46.6 Å². The molecule has 0 bridgehead atoms. The van der Waals surface area contributed by atoms with Gasteiger partial charge in [-0.3, -0.25) is 0 Å². The maximum Gasteiger partial charge on any atom is 0.246 e. The number of benzene rings is 1. The van der Waals surface area contributed by atoms with Crippen molar-refractivity contribution in [1.29, 1.82) is 0 Å². The van der Waals surface area contributed by atoms with Crippen LogP contribution in [0.2, 0.25) is 0 Å². The molecular weight excluding hydrogens is 270 g/mol. The van der Waals surface area contributed by atoms with E-state index < -0.39 is 0 Å². The van der Waals surface area contributed by atoms with Crippen molar-refractivity contribution in [2.24, 2.45) is 0 Å². The summed E-state index contributed by atoms with van der Waals surface area (Å²) in [5.74, 6) is 1.23. The van der Waals surface area contributed by atoms with E-state index in [0.29, 0.717) is 18.3 Å². The number of aromatic nitrogens is 2. The van der Waals surface area contributed by atoms with Crippen molar-refractivity contribution < 1.29 is 4.52 Å². The molecule has 0 unspecified atom stereocenters. The Bertz CT molecular complexity index is 659. The van der Waals surface area contributed by atoms with Gasteiger partial charge < -0.3 is 9.84 Å². The Hall–Kier alpha value is -2.14. The average Bonchev–Trinajstić information content (AvgIpc) is 3.16. The maximum absolute atomic E-state index is 5.24. The summed E-state index contributed by atoms with van der Waals surface area (Å²) in [5.41, 5.74) is 3.38. The number of aryl methyl sites for hydroxylation is 1. The highest BCUT2D eigenvalue weighted by atomic mass is 32.1. The molecule has 2 aromatic heterocycles. The third-order valence-electron chi connectivity index (χ3n) is 3.05. The highest BCUT2D eigenvalue weighted by Gasteiger charge is 2.08. The molecule has 5 heteroatoms. The van der Waals surface area contributed by atoms with E-state index in [-0.39, 0.29) is 0 Å². The Morgan fingerprint density at radius 3 is 2.75 bits per heavy atom. The first-order valence-corrected chi connectivity index (χ1v) is 7.47. The molecule has 0 aliphatic rings. The van der Waals surface area contributed by atoms with Crippen LogP contribution in [0, 0.1) is 0 Å². The second kappa shape index (κ2) is 5.88. The summed E-state index contributed by atoms with van der Waals surface area (Å²) >= 11 is 1.62. The van der Waals surface area contributed by atoms with E-state index >= 15 is 0 Å². The minimum Gasteiger partial charge on any atom is -0.376 e. The van der Waals surface area contributed by atoms with E-state index in [0.717, 1.165) is 17.7 Å². The van der Waals surface area contributed by atoms with Crippen LogP contribution in [0.1, 0.15) is 18.4 Å². The van der Waals surface area contributed by atoms with E-state index in [1.807, 2.05) is 16.8 Å². The van der Waals surface area contributed by atoms with Crippen molar-refractivity contribution in [3.63, 3.8) is 0 Å². The predicted molar refractivity (Wildman–Crippen MR) is 80.8 cm³/mol.